The number of fused-ring (bicyclic) bond motifs is 12. The van der Waals surface area contributed by atoms with E-state index in [2.05, 4.69) is 457 Å². The zero-order chi connectivity index (χ0) is 85.3. The van der Waals surface area contributed by atoms with Crippen molar-refractivity contribution in [3.8, 4) is 23.0 Å². The number of rotatable bonds is 13. The molecule has 0 radical (unpaired) electrons. The molecular formula is C114H92B3N7O2. The molecule has 0 saturated heterocycles. The lowest BCUT2D eigenvalue weighted by atomic mass is 9.29. The van der Waals surface area contributed by atoms with Crippen LogP contribution in [0.1, 0.15) is 66.8 Å². The van der Waals surface area contributed by atoms with E-state index in [1.54, 1.807) is 0 Å². The molecule has 0 aliphatic carbocycles. The maximum absolute atomic E-state index is 8.10. The van der Waals surface area contributed by atoms with E-state index < -0.39 is 6.71 Å². The van der Waals surface area contributed by atoms with E-state index in [-0.39, 0.29) is 13.4 Å². The first-order valence-corrected chi connectivity index (χ1v) is 44.1. The van der Waals surface area contributed by atoms with Gasteiger partial charge in [0.2, 0.25) is 0 Å². The number of anilines is 21. The van der Waals surface area contributed by atoms with Gasteiger partial charge in [0.05, 0.1) is 51.2 Å². The second-order valence-electron chi connectivity index (χ2n) is 35.3. The molecule has 0 saturated carbocycles. The first-order chi connectivity index (χ1) is 61.5. The molecule has 0 aromatic heterocycles. The van der Waals surface area contributed by atoms with Gasteiger partial charge in [0.15, 0.2) is 0 Å². The lowest BCUT2D eigenvalue weighted by Gasteiger charge is -2.46. The van der Waals surface area contributed by atoms with Crippen molar-refractivity contribution in [1.29, 1.82) is 0 Å². The summed E-state index contributed by atoms with van der Waals surface area (Å²) in [7, 11) is 0. The summed E-state index contributed by atoms with van der Waals surface area (Å²) in [5.41, 5.74) is 47.3. The van der Waals surface area contributed by atoms with Crippen LogP contribution in [0.4, 0.5) is 119 Å². The molecule has 0 amide bonds. The topological polar surface area (TPSA) is 41.1 Å². The third-order valence-electron chi connectivity index (χ3n) is 27.4. The van der Waals surface area contributed by atoms with Gasteiger partial charge < -0.3 is 43.8 Å². The van der Waals surface area contributed by atoms with Crippen LogP contribution in [0, 0.1) is 83.1 Å². The highest BCUT2D eigenvalue weighted by atomic mass is 16.5. The summed E-state index contributed by atoms with van der Waals surface area (Å²) in [5.74, 6) is 3.03. The van der Waals surface area contributed by atoms with E-state index >= 15 is 0 Å². The summed E-state index contributed by atoms with van der Waals surface area (Å²) < 4.78 is 16.2. The Hall–Kier alpha value is -14.9. The lowest BCUT2D eigenvalue weighted by molar-refractivity contribution is 0.465. The van der Waals surface area contributed by atoms with Gasteiger partial charge in [-0.3, -0.25) is 0 Å². The molecule has 17 aromatic carbocycles. The van der Waals surface area contributed by atoms with Crippen molar-refractivity contribution in [2.45, 2.75) is 83.1 Å². The predicted octanol–water partition coefficient (Wildman–Crippen LogP) is 24.7. The van der Waals surface area contributed by atoms with Gasteiger partial charge in [0.25, 0.3) is 20.1 Å². The summed E-state index contributed by atoms with van der Waals surface area (Å²) in [5, 5.41) is 0. The molecule has 6 aliphatic rings. The Bertz CT molecular complexity index is 6750. The molecule has 23 rings (SSSR count). The van der Waals surface area contributed by atoms with Gasteiger partial charge in [-0.2, -0.15) is 0 Å². The molecule has 0 N–H and O–H groups in total. The Morgan fingerprint density at radius 1 is 0.183 bits per heavy atom. The molecule has 0 fully saturated rings. The zero-order valence-electron chi connectivity index (χ0n) is 73.0. The molecule has 0 spiro atoms. The predicted molar refractivity (Wildman–Crippen MR) is 533 cm³/mol. The van der Waals surface area contributed by atoms with E-state index in [0.29, 0.717) is 0 Å². The monoisotopic (exact) mass is 1620 g/mol. The summed E-state index contributed by atoms with van der Waals surface area (Å²) >= 11 is 0. The van der Waals surface area contributed by atoms with Crippen molar-refractivity contribution < 1.29 is 9.47 Å². The lowest BCUT2D eigenvalue weighted by Crippen LogP contribution is -2.65. The third-order valence-corrected chi connectivity index (χ3v) is 27.4. The maximum atomic E-state index is 8.10. The van der Waals surface area contributed by atoms with Crippen LogP contribution in [-0.4, -0.2) is 20.1 Å². The number of hydrogen-bond acceptors (Lipinski definition) is 9. The minimum Gasteiger partial charge on any atom is -0.458 e. The van der Waals surface area contributed by atoms with Gasteiger partial charge in [0, 0.05) is 98.0 Å². The maximum Gasteiger partial charge on any atom is 0.260 e. The molecule has 0 atom stereocenters. The van der Waals surface area contributed by atoms with Crippen LogP contribution in [0.5, 0.6) is 23.0 Å². The van der Waals surface area contributed by atoms with Crippen LogP contribution in [0.25, 0.3) is 0 Å². The van der Waals surface area contributed by atoms with Crippen molar-refractivity contribution in [3.05, 3.63) is 406 Å². The minimum absolute atomic E-state index is 0.269. The fraction of sp³-hybridized carbons (Fsp3) is 0.105. The number of hydrogen-bond donors (Lipinski definition) is 0. The van der Waals surface area contributed by atoms with Crippen LogP contribution in [-0.2, 0) is 0 Å². The Balaban J connectivity index is 0.822. The highest BCUT2D eigenvalue weighted by Gasteiger charge is 2.51. The van der Waals surface area contributed by atoms with Gasteiger partial charge >= 0.3 is 0 Å². The largest absolute Gasteiger partial charge is 0.458 e. The third kappa shape index (κ3) is 11.6. The first kappa shape index (κ1) is 76.1. The number of nitrogens with zero attached hydrogens (tertiary/aromatic N) is 7. The number of para-hydroxylation sites is 12. The molecule has 6 aliphatic heterocycles. The molecule has 604 valence electrons. The van der Waals surface area contributed by atoms with E-state index in [4.69, 9.17) is 9.47 Å². The Morgan fingerprint density at radius 3 is 0.683 bits per heavy atom. The standard InChI is InChI=1S/C114H92B3N7O2/c1-69-35-29-36-70(2)109(69)122(110-71(3)37-30-38-72(110)4)85-59-98-106-100(61-85)120(83-51-21-15-22-52-83)96-67-102-92(65-90(96)115(106)88-55-25-27-57-94(88)118(98)81-47-17-13-18-48-81)117-93-66-91-97(68-103(93)126-105-64-87(63-104(125-102)108(105)117)124(113-77(9)43-33-44-78(113)10)114-79(11)45-34-46-80(114)12)121(84-53-23-16-24-54-84)101-62-86(123(111-73(5)39-31-40-74(111)6)112-75(7)41-32-42-76(112)8)60-99-107(101)116(91)89-56-26-28-58-95(89)119(99)82-49-19-14-20-50-82/h13-68H,1-12H3. The summed E-state index contributed by atoms with van der Waals surface area (Å²) in [6.07, 6.45) is 0. The SMILES string of the molecule is Cc1cccc(C)c1N(c1cc2c3c(c1)Oc1cc4c(cc1B3c1cc3c(cc1O2)N(c1ccccc1)c1cc(N(c2c(C)cccc2C)c2c(C)cccc2C)cc2c1B3c1ccccc1N2c1ccccc1)B1c2ccccc2N(c2ccccc2)c2cc(N(c3c(C)cccc3C)c3c(C)cccc3C)cc(c21)N4c1ccccc1)c1c(C)cccc1C. The Labute approximate surface area is 740 Å². The Morgan fingerprint density at radius 2 is 0.413 bits per heavy atom. The molecular weight excluding hydrogens is 1530 g/mol. The summed E-state index contributed by atoms with van der Waals surface area (Å²) in [6, 6.07) is 127. The van der Waals surface area contributed by atoms with Crippen LogP contribution in [0.15, 0.2) is 340 Å². The van der Waals surface area contributed by atoms with Crippen LogP contribution in [0.3, 0.4) is 0 Å². The molecule has 0 unspecified atom stereocenters. The minimum atomic E-state index is -0.423. The van der Waals surface area contributed by atoms with Gasteiger partial charge in [-0.15, -0.1) is 0 Å². The van der Waals surface area contributed by atoms with Gasteiger partial charge in [-0.25, -0.2) is 0 Å². The van der Waals surface area contributed by atoms with E-state index in [1.165, 1.54) is 77.3 Å². The van der Waals surface area contributed by atoms with Gasteiger partial charge in [-0.05, 0) is 278 Å². The second-order valence-corrected chi connectivity index (χ2v) is 35.3. The average Bonchev–Trinajstić information content (AvgIpc) is 0.682. The van der Waals surface area contributed by atoms with Crippen molar-refractivity contribution in [2.24, 2.45) is 0 Å². The highest BCUT2D eigenvalue weighted by molar-refractivity contribution is 7.04. The fourth-order valence-electron chi connectivity index (χ4n) is 22.2. The molecule has 12 heteroatoms. The second kappa shape index (κ2) is 29.4. The van der Waals surface area contributed by atoms with Gasteiger partial charge in [-0.1, -0.05) is 231 Å². The normalized spacial score (nSPS) is 13.1. The quantitative estimate of drug-likeness (QED) is 0.105. The van der Waals surface area contributed by atoms with Crippen molar-refractivity contribution >= 4 is 189 Å². The van der Waals surface area contributed by atoms with Crippen LogP contribution >= 0.6 is 0 Å². The first-order valence-electron chi connectivity index (χ1n) is 44.1. The molecule has 0 bridgehead atoms. The Kier molecular flexibility index (Phi) is 17.8. The molecule has 9 nitrogen and oxygen atoms in total. The highest BCUT2D eigenvalue weighted by Crippen LogP contribution is 2.56. The average molecular weight is 1620 g/mol. The number of ether oxygens (including phenoxy) is 2. The van der Waals surface area contributed by atoms with Crippen molar-refractivity contribution in [3.63, 3.8) is 0 Å². The van der Waals surface area contributed by atoms with Crippen LogP contribution in [0.2, 0.25) is 0 Å². The zero-order valence-corrected chi connectivity index (χ0v) is 73.0. The van der Waals surface area contributed by atoms with Crippen molar-refractivity contribution in [1.82, 2.24) is 0 Å². The van der Waals surface area contributed by atoms with Crippen LogP contribution < -0.4 is 92.9 Å². The fourth-order valence-corrected chi connectivity index (χ4v) is 22.2. The van der Waals surface area contributed by atoms with E-state index in [9.17, 15) is 0 Å². The molecule has 126 heavy (non-hydrogen) atoms. The smallest absolute Gasteiger partial charge is 0.260 e. The number of aryl methyl sites for hydroxylation is 12. The molecule has 6 heterocycles. The molecule has 17 aromatic rings. The van der Waals surface area contributed by atoms with Gasteiger partial charge in [0.1, 0.15) is 23.0 Å². The summed E-state index contributed by atoms with van der Waals surface area (Å²) in [4.78, 5) is 17.8. The van der Waals surface area contributed by atoms with Crippen molar-refractivity contribution in [2.75, 3.05) is 34.3 Å². The van der Waals surface area contributed by atoms with E-state index in [0.717, 1.165) is 181 Å². The summed E-state index contributed by atoms with van der Waals surface area (Å²) in [6.45, 7) is 26.1. The van der Waals surface area contributed by atoms with E-state index in [1.807, 2.05) is 0 Å². The number of benzene rings is 17.